The third-order valence-corrected chi connectivity index (χ3v) is 5.03. The summed E-state index contributed by atoms with van der Waals surface area (Å²) >= 11 is 0. The second kappa shape index (κ2) is 8.54. The van der Waals surface area contributed by atoms with E-state index in [4.69, 9.17) is 5.73 Å². The molecule has 3 amide bonds. The lowest BCUT2D eigenvalue weighted by molar-refractivity contribution is -0.136. The monoisotopic (exact) mass is 366 g/mol. The van der Waals surface area contributed by atoms with Gasteiger partial charge in [0, 0.05) is 25.7 Å². The van der Waals surface area contributed by atoms with Crippen LogP contribution < -0.4 is 16.4 Å². The highest BCUT2D eigenvalue weighted by atomic mass is 35.5. The zero-order chi connectivity index (χ0) is 17.0. The fourth-order valence-corrected chi connectivity index (χ4v) is 3.69. The highest BCUT2D eigenvalue weighted by molar-refractivity contribution is 5.91. The summed E-state index contributed by atoms with van der Waals surface area (Å²) in [4.78, 5) is 27.1. The molecule has 138 valence electrons. The number of amides is 3. The average molecular weight is 367 g/mol. The SMILES string of the molecule is Cl.N[C@@H]1CCN(C(=O)C2(NC(=O)NCc3ccccc3)CCCC2)C1. The van der Waals surface area contributed by atoms with Gasteiger partial charge in [0.15, 0.2) is 0 Å². The Bertz CT molecular complexity index is 590. The third-order valence-electron chi connectivity index (χ3n) is 5.03. The van der Waals surface area contributed by atoms with E-state index in [0.29, 0.717) is 32.5 Å². The van der Waals surface area contributed by atoms with E-state index in [1.807, 2.05) is 35.2 Å². The Morgan fingerprint density at radius 1 is 1.20 bits per heavy atom. The van der Waals surface area contributed by atoms with E-state index in [2.05, 4.69) is 10.6 Å². The van der Waals surface area contributed by atoms with E-state index in [1.165, 1.54) is 0 Å². The summed E-state index contributed by atoms with van der Waals surface area (Å²) in [6, 6.07) is 9.51. The second-order valence-corrected chi connectivity index (χ2v) is 6.88. The number of rotatable bonds is 4. The van der Waals surface area contributed by atoms with E-state index in [0.717, 1.165) is 24.8 Å². The van der Waals surface area contributed by atoms with Gasteiger partial charge in [-0.2, -0.15) is 0 Å². The van der Waals surface area contributed by atoms with E-state index < -0.39 is 5.54 Å². The largest absolute Gasteiger partial charge is 0.339 e. The number of halogens is 1. The molecular formula is C18H27ClN4O2. The molecule has 1 aromatic rings. The number of hydrogen-bond donors (Lipinski definition) is 3. The van der Waals surface area contributed by atoms with Crippen LogP contribution in [0.5, 0.6) is 0 Å². The number of nitrogens with one attached hydrogen (secondary N) is 2. The number of urea groups is 1. The normalized spacial score (nSPS) is 21.5. The summed E-state index contributed by atoms with van der Waals surface area (Å²) in [7, 11) is 0. The lowest BCUT2D eigenvalue weighted by Crippen LogP contribution is -2.59. The molecule has 1 aliphatic heterocycles. The van der Waals surface area contributed by atoms with Crippen LogP contribution in [0.1, 0.15) is 37.7 Å². The molecule has 1 saturated carbocycles. The van der Waals surface area contributed by atoms with Crippen LogP contribution in [-0.4, -0.2) is 41.5 Å². The van der Waals surface area contributed by atoms with Gasteiger partial charge in [-0.3, -0.25) is 4.79 Å². The number of carbonyl (C=O) groups is 2. The molecule has 2 aliphatic rings. The van der Waals surface area contributed by atoms with Crippen molar-refractivity contribution in [1.82, 2.24) is 15.5 Å². The second-order valence-electron chi connectivity index (χ2n) is 6.88. The van der Waals surface area contributed by atoms with E-state index in [-0.39, 0.29) is 30.4 Å². The van der Waals surface area contributed by atoms with Crippen molar-refractivity contribution in [2.45, 2.75) is 50.2 Å². The van der Waals surface area contributed by atoms with Gasteiger partial charge in [-0.25, -0.2) is 4.79 Å². The molecule has 0 bridgehead atoms. The molecule has 2 fully saturated rings. The van der Waals surface area contributed by atoms with Gasteiger partial charge in [-0.05, 0) is 24.8 Å². The quantitative estimate of drug-likeness (QED) is 0.759. The minimum Gasteiger partial charge on any atom is -0.339 e. The van der Waals surface area contributed by atoms with Crippen LogP contribution in [0.3, 0.4) is 0 Å². The number of nitrogens with two attached hydrogens (primary N) is 1. The van der Waals surface area contributed by atoms with Gasteiger partial charge < -0.3 is 21.3 Å². The molecule has 4 N–H and O–H groups in total. The minimum atomic E-state index is -0.759. The summed E-state index contributed by atoms with van der Waals surface area (Å²) in [6.07, 6.45) is 4.17. The van der Waals surface area contributed by atoms with Crippen molar-refractivity contribution in [3.63, 3.8) is 0 Å². The predicted octanol–water partition coefficient (Wildman–Crippen LogP) is 1.78. The Hall–Kier alpha value is -1.79. The fourth-order valence-electron chi connectivity index (χ4n) is 3.69. The van der Waals surface area contributed by atoms with Crippen LogP contribution in [0, 0.1) is 0 Å². The van der Waals surface area contributed by atoms with Crippen molar-refractivity contribution >= 4 is 24.3 Å². The summed E-state index contributed by atoms with van der Waals surface area (Å²) in [5.41, 5.74) is 6.20. The van der Waals surface area contributed by atoms with Gasteiger partial charge in [-0.15, -0.1) is 12.4 Å². The molecule has 0 unspecified atom stereocenters. The van der Waals surface area contributed by atoms with Crippen LogP contribution in [0.4, 0.5) is 4.79 Å². The standard InChI is InChI=1S/C18H26N4O2.ClH/c19-15-8-11-22(13-15)16(23)18(9-4-5-10-18)21-17(24)20-12-14-6-2-1-3-7-14;/h1-3,6-7,15H,4-5,8-13,19H2,(H2,20,21,24);1H/t15-;/m1./s1. The molecule has 1 aliphatic carbocycles. The summed E-state index contributed by atoms with van der Waals surface area (Å²) in [5, 5.41) is 5.83. The lowest BCUT2D eigenvalue weighted by Gasteiger charge is -2.33. The Kier molecular flexibility index (Phi) is 6.67. The number of nitrogens with zero attached hydrogens (tertiary/aromatic N) is 1. The van der Waals surface area contributed by atoms with E-state index in [1.54, 1.807) is 0 Å². The van der Waals surface area contributed by atoms with Gasteiger partial charge >= 0.3 is 6.03 Å². The molecule has 6 nitrogen and oxygen atoms in total. The zero-order valence-electron chi connectivity index (χ0n) is 14.4. The maximum absolute atomic E-state index is 13.0. The number of benzene rings is 1. The molecule has 1 saturated heterocycles. The lowest BCUT2D eigenvalue weighted by atomic mass is 9.95. The van der Waals surface area contributed by atoms with Crippen molar-refractivity contribution in [3.8, 4) is 0 Å². The molecule has 0 aromatic heterocycles. The van der Waals surface area contributed by atoms with Gasteiger partial charge in [0.05, 0.1) is 0 Å². The Morgan fingerprint density at radius 2 is 1.88 bits per heavy atom. The molecule has 25 heavy (non-hydrogen) atoms. The van der Waals surface area contributed by atoms with Crippen molar-refractivity contribution < 1.29 is 9.59 Å². The highest BCUT2D eigenvalue weighted by Gasteiger charge is 2.45. The molecule has 1 aromatic carbocycles. The maximum atomic E-state index is 13.0. The first kappa shape index (κ1) is 19.5. The van der Waals surface area contributed by atoms with Gasteiger partial charge in [-0.1, -0.05) is 43.2 Å². The molecular weight excluding hydrogens is 340 g/mol. The summed E-state index contributed by atoms with van der Waals surface area (Å²) < 4.78 is 0. The molecule has 7 heteroatoms. The fraction of sp³-hybridized carbons (Fsp3) is 0.556. The van der Waals surface area contributed by atoms with E-state index >= 15 is 0 Å². The molecule has 3 rings (SSSR count). The topological polar surface area (TPSA) is 87.5 Å². The zero-order valence-corrected chi connectivity index (χ0v) is 15.2. The first-order valence-corrected chi connectivity index (χ1v) is 8.74. The smallest absolute Gasteiger partial charge is 0.315 e. The maximum Gasteiger partial charge on any atom is 0.315 e. The summed E-state index contributed by atoms with van der Waals surface area (Å²) in [6.45, 7) is 1.73. The highest BCUT2D eigenvalue weighted by Crippen LogP contribution is 2.32. The summed E-state index contributed by atoms with van der Waals surface area (Å²) in [5.74, 6) is 0.0304. The molecule has 0 spiro atoms. The Labute approximate surface area is 154 Å². The van der Waals surface area contributed by atoms with Crippen LogP contribution >= 0.6 is 12.4 Å². The van der Waals surface area contributed by atoms with Crippen LogP contribution in [0.15, 0.2) is 30.3 Å². The van der Waals surface area contributed by atoms with Crippen molar-refractivity contribution in [2.24, 2.45) is 5.73 Å². The van der Waals surface area contributed by atoms with Crippen LogP contribution in [-0.2, 0) is 11.3 Å². The third kappa shape index (κ3) is 4.64. The van der Waals surface area contributed by atoms with Crippen LogP contribution in [0.25, 0.3) is 0 Å². The number of hydrogen-bond acceptors (Lipinski definition) is 3. The van der Waals surface area contributed by atoms with Gasteiger partial charge in [0.25, 0.3) is 0 Å². The van der Waals surface area contributed by atoms with Gasteiger partial charge in [0.2, 0.25) is 5.91 Å². The first-order valence-electron chi connectivity index (χ1n) is 8.74. The number of likely N-dealkylation sites (tertiary alicyclic amines) is 1. The Balaban J connectivity index is 0.00000225. The Morgan fingerprint density at radius 3 is 2.48 bits per heavy atom. The van der Waals surface area contributed by atoms with Crippen molar-refractivity contribution in [3.05, 3.63) is 35.9 Å². The molecule has 1 heterocycles. The molecule has 0 radical (unpaired) electrons. The van der Waals surface area contributed by atoms with Crippen LogP contribution in [0.2, 0.25) is 0 Å². The van der Waals surface area contributed by atoms with Gasteiger partial charge in [0.1, 0.15) is 5.54 Å². The molecule has 1 atom stereocenters. The number of carbonyl (C=O) groups excluding carboxylic acids is 2. The first-order chi connectivity index (χ1) is 11.6. The minimum absolute atomic E-state index is 0. The van der Waals surface area contributed by atoms with Crippen molar-refractivity contribution in [2.75, 3.05) is 13.1 Å². The average Bonchev–Trinajstić information content (AvgIpc) is 3.23. The predicted molar refractivity (Wildman–Crippen MR) is 99.4 cm³/mol. The van der Waals surface area contributed by atoms with Crippen molar-refractivity contribution in [1.29, 1.82) is 0 Å². The van der Waals surface area contributed by atoms with E-state index in [9.17, 15) is 9.59 Å².